The van der Waals surface area contributed by atoms with Crippen LogP contribution in [-0.4, -0.2) is 32.6 Å². The number of aromatic nitrogens is 3. The van der Waals surface area contributed by atoms with Crippen LogP contribution in [0, 0.1) is 6.92 Å². The fourth-order valence-electron chi connectivity index (χ4n) is 2.14. The van der Waals surface area contributed by atoms with E-state index in [4.69, 9.17) is 16.0 Å². The molecule has 7 nitrogen and oxygen atoms in total. The number of furan rings is 1. The zero-order valence-electron chi connectivity index (χ0n) is 14.1. The Morgan fingerprint density at radius 2 is 2.08 bits per heavy atom. The highest BCUT2D eigenvalue weighted by molar-refractivity contribution is 7.99. The van der Waals surface area contributed by atoms with E-state index < -0.39 is 0 Å². The van der Waals surface area contributed by atoms with Crippen LogP contribution in [0.3, 0.4) is 0 Å². The predicted molar refractivity (Wildman–Crippen MR) is 101 cm³/mol. The molecule has 0 spiro atoms. The van der Waals surface area contributed by atoms with E-state index in [1.165, 1.54) is 18.0 Å². The third kappa shape index (κ3) is 4.53. The number of carbonyl (C=O) groups excluding carboxylic acids is 1. The summed E-state index contributed by atoms with van der Waals surface area (Å²) in [6.45, 7) is 1.84. The Labute approximate surface area is 159 Å². The Morgan fingerprint density at radius 3 is 2.77 bits per heavy atom. The van der Waals surface area contributed by atoms with E-state index in [-0.39, 0.29) is 11.7 Å². The number of aryl methyl sites for hydroxylation is 1. The molecular formula is C17H16ClN5O2S. The van der Waals surface area contributed by atoms with Crippen LogP contribution in [0.4, 0.5) is 0 Å². The minimum Gasteiger partial charge on any atom is -0.460 e. The zero-order chi connectivity index (χ0) is 18.5. The third-order valence-electron chi connectivity index (χ3n) is 3.41. The van der Waals surface area contributed by atoms with Gasteiger partial charge in [-0.1, -0.05) is 23.4 Å². The first-order valence-electron chi connectivity index (χ1n) is 7.69. The number of thioether (sulfide) groups is 1. The summed E-state index contributed by atoms with van der Waals surface area (Å²) in [6, 6.07) is 10.9. The molecule has 1 N–H and O–H groups in total. The average Bonchev–Trinajstić information content (AvgIpc) is 3.20. The maximum atomic E-state index is 11.9. The van der Waals surface area contributed by atoms with Crippen molar-refractivity contribution in [1.29, 1.82) is 0 Å². The molecule has 0 fully saturated rings. The van der Waals surface area contributed by atoms with Crippen LogP contribution in [0.25, 0.3) is 11.4 Å². The van der Waals surface area contributed by atoms with Gasteiger partial charge in [0.25, 0.3) is 5.91 Å². The minimum absolute atomic E-state index is 0.168. The standard InChI is InChI=1S/C17H16ClN5O2S/c1-11-3-8-14(25-11)9-19-20-15(24)10-26-17-22-21-16(23(17)2)12-4-6-13(18)7-5-12/h3-9H,10H2,1-2H3,(H,20,24)/b19-9-. The van der Waals surface area contributed by atoms with Gasteiger partial charge in [-0.15, -0.1) is 10.2 Å². The van der Waals surface area contributed by atoms with Gasteiger partial charge in [-0.05, 0) is 43.3 Å². The van der Waals surface area contributed by atoms with Crippen molar-refractivity contribution in [3.63, 3.8) is 0 Å². The van der Waals surface area contributed by atoms with Crippen molar-refractivity contribution in [1.82, 2.24) is 20.2 Å². The molecule has 0 bridgehead atoms. The molecule has 0 atom stereocenters. The van der Waals surface area contributed by atoms with Gasteiger partial charge in [0.05, 0.1) is 12.0 Å². The van der Waals surface area contributed by atoms with Crippen LogP contribution in [-0.2, 0) is 11.8 Å². The van der Waals surface area contributed by atoms with Crippen molar-refractivity contribution < 1.29 is 9.21 Å². The molecule has 26 heavy (non-hydrogen) atoms. The van der Waals surface area contributed by atoms with Gasteiger partial charge in [-0.2, -0.15) is 5.10 Å². The molecule has 1 amide bonds. The molecule has 134 valence electrons. The van der Waals surface area contributed by atoms with Gasteiger partial charge in [0.1, 0.15) is 11.5 Å². The summed E-state index contributed by atoms with van der Waals surface area (Å²) in [5, 5.41) is 13.5. The van der Waals surface area contributed by atoms with Gasteiger partial charge >= 0.3 is 0 Å². The molecule has 3 aromatic rings. The van der Waals surface area contributed by atoms with Gasteiger partial charge in [-0.3, -0.25) is 4.79 Å². The Kier molecular flexibility index (Phi) is 5.75. The molecule has 0 aliphatic heterocycles. The molecule has 0 aliphatic carbocycles. The zero-order valence-corrected chi connectivity index (χ0v) is 15.7. The van der Waals surface area contributed by atoms with Gasteiger partial charge in [0.2, 0.25) is 0 Å². The number of hydrogen-bond acceptors (Lipinski definition) is 6. The fourth-order valence-corrected chi connectivity index (χ4v) is 2.97. The highest BCUT2D eigenvalue weighted by atomic mass is 35.5. The Morgan fingerprint density at radius 1 is 1.31 bits per heavy atom. The maximum absolute atomic E-state index is 11.9. The number of hydrazone groups is 1. The number of carbonyl (C=O) groups is 1. The van der Waals surface area contributed by atoms with Crippen molar-refractivity contribution in [2.24, 2.45) is 12.1 Å². The van der Waals surface area contributed by atoms with Crippen molar-refractivity contribution in [2.75, 3.05) is 5.75 Å². The minimum atomic E-state index is -0.245. The molecule has 0 radical (unpaired) electrons. The monoisotopic (exact) mass is 389 g/mol. The van der Waals surface area contributed by atoms with Gasteiger partial charge in [-0.25, -0.2) is 5.43 Å². The molecule has 0 saturated heterocycles. The number of halogens is 1. The summed E-state index contributed by atoms with van der Waals surface area (Å²) < 4.78 is 7.16. The van der Waals surface area contributed by atoms with Crippen molar-refractivity contribution in [3.8, 4) is 11.4 Å². The number of hydrogen-bond donors (Lipinski definition) is 1. The van der Waals surface area contributed by atoms with Gasteiger partial charge in [0, 0.05) is 17.6 Å². The summed E-state index contributed by atoms with van der Waals surface area (Å²) in [4.78, 5) is 11.9. The van der Waals surface area contributed by atoms with E-state index in [9.17, 15) is 4.79 Å². The number of rotatable bonds is 6. The second-order valence-corrected chi connectivity index (χ2v) is 6.78. The highest BCUT2D eigenvalue weighted by Crippen LogP contribution is 2.23. The molecular weight excluding hydrogens is 374 g/mol. The summed E-state index contributed by atoms with van der Waals surface area (Å²) >= 11 is 7.18. The Hall–Kier alpha value is -2.58. The normalized spacial score (nSPS) is 11.2. The summed E-state index contributed by atoms with van der Waals surface area (Å²) in [6.07, 6.45) is 1.45. The quantitative estimate of drug-likeness (QED) is 0.397. The molecule has 9 heteroatoms. The molecule has 3 rings (SSSR count). The predicted octanol–water partition coefficient (Wildman–Crippen LogP) is 3.28. The second-order valence-electron chi connectivity index (χ2n) is 5.40. The SMILES string of the molecule is Cc1ccc(/C=N\NC(=O)CSc2nnc(-c3ccc(Cl)cc3)n2C)o1. The smallest absolute Gasteiger partial charge is 0.250 e. The Bertz CT molecular complexity index is 933. The second kappa shape index (κ2) is 8.20. The molecule has 0 unspecified atom stereocenters. The first-order chi connectivity index (χ1) is 12.5. The average molecular weight is 390 g/mol. The van der Waals surface area contributed by atoms with E-state index in [0.29, 0.717) is 21.8 Å². The molecule has 2 aromatic heterocycles. The lowest BCUT2D eigenvalue weighted by molar-refractivity contribution is -0.118. The number of nitrogens with one attached hydrogen (secondary N) is 1. The largest absolute Gasteiger partial charge is 0.460 e. The van der Waals surface area contributed by atoms with Crippen LogP contribution in [0.1, 0.15) is 11.5 Å². The van der Waals surface area contributed by atoms with Crippen LogP contribution in [0.5, 0.6) is 0 Å². The number of nitrogens with zero attached hydrogens (tertiary/aromatic N) is 4. The maximum Gasteiger partial charge on any atom is 0.250 e. The first-order valence-corrected chi connectivity index (χ1v) is 9.06. The molecule has 2 heterocycles. The molecule has 1 aromatic carbocycles. The summed E-state index contributed by atoms with van der Waals surface area (Å²) in [5.41, 5.74) is 3.35. The number of benzene rings is 1. The van der Waals surface area contributed by atoms with Crippen molar-refractivity contribution in [2.45, 2.75) is 12.1 Å². The Balaban J connectivity index is 1.55. The lowest BCUT2D eigenvalue weighted by Gasteiger charge is -2.03. The highest BCUT2D eigenvalue weighted by Gasteiger charge is 2.12. The molecule has 0 saturated carbocycles. The van der Waals surface area contributed by atoms with Crippen molar-refractivity contribution in [3.05, 3.63) is 52.9 Å². The van der Waals surface area contributed by atoms with Crippen LogP contribution >= 0.6 is 23.4 Å². The number of amides is 1. The third-order valence-corrected chi connectivity index (χ3v) is 4.68. The van der Waals surface area contributed by atoms with Gasteiger partial charge in [0.15, 0.2) is 11.0 Å². The van der Waals surface area contributed by atoms with E-state index in [1.807, 2.05) is 36.7 Å². The lowest BCUT2D eigenvalue weighted by atomic mass is 10.2. The fraction of sp³-hybridized carbons (Fsp3) is 0.176. The van der Waals surface area contributed by atoms with E-state index >= 15 is 0 Å². The van der Waals surface area contributed by atoms with Crippen LogP contribution in [0.2, 0.25) is 5.02 Å². The topological polar surface area (TPSA) is 85.3 Å². The summed E-state index contributed by atoms with van der Waals surface area (Å²) in [7, 11) is 1.85. The molecule has 0 aliphatic rings. The lowest BCUT2D eigenvalue weighted by Crippen LogP contribution is -2.19. The summed E-state index contributed by atoms with van der Waals surface area (Å²) in [5.74, 6) is 1.99. The van der Waals surface area contributed by atoms with Gasteiger partial charge < -0.3 is 8.98 Å². The van der Waals surface area contributed by atoms with E-state index in [1.54, 1.807) is 18.2 Å². The van der Waals surface area contributed by atoms with Crippen LogP contribution < -0.4 is 5.43 Å². The van der Waals surface area contributed by atoms with E-state index in [0.717, 1.165) is 11.3 Å². The van der Waals surface area contributed by atoms with Crippen molar-refractivity contribution >= 4 is 35.5 Å². The first kappa shape index (κ1) is 18.2. The van der Waals surface area contributed by atoms with Crippen LogP contribution in [0.15, 0.2) is 51.1 Å². The van der Waals surface area contributed by atoms with E-state index in [2.05, 4.69) is 20.7 Å².